The van der Waals surface area contributed by atoms with Gasteiger partial charge in [-0.05, 0) is 56.2 Å². The Balaban J connectivity index is 0.00000243. The van der Waals surface area contributed by atoms with Crippen LogP contribution < -0.4 is 9.64 Å². The third kappa shape index (κ3) is 4.94. The van der Waals surface area contributed by atoms with Gasteiger partial charge in [-0.25, -0.2) is 0 Å². The van der Waals surface area contributed by atoms with E-state index in [1.165, 1.54) is 5.56 Å². The van der Waals surface area contributed by atoms with Crippen LogP contribution in [0.3, 0.4) is 0 Å². The van der Waals surface area contributed by atoms with Gasteiger partial charge in [-0.1, -0.05) is 17.7 Å². The number of aliphatic imine (C=N–C) groups is 1. The lowest BCUT2D eigenvalue weighted by Crippen LogP contribution is -2.37. The lowest BCUT2D eigenvalue weighted by Gasteiger charge is -2.28. The van der Waals surface area contributed by atoms with Crippen LogP contribution in [0.4, 0.5) is 5.69 Å². The molecule has 2 aromatic carbocycles. The highest BCUT2D eigenvalue weighted by Crippen LogP contribution is 2.21. The summed E-state index contributed by atoms with van der Waals surface area (Å²) >= 11 is 0. The van der Waals surface area contributed by atoms with Crippen molar-refractivity contribution in [1.82, 2.24) is 0 Å². The molecule has 26 heavy (non-hydrogen) atoms. The topological polar surface area (TPSA) is 41.9 Å². The van der Waals surface area contributed by atoms with Crippen molar-refractivity contribution in [1.29, 1.82) is 0 Å². The molecule has 0 atom stereocenters. The summed E-state index contributed by atoms with van der Waals surface area (Å²) in [5.41, 5.74) is 2.91. The highest BCUT2D eigenvalue weighted by atomic mass is 79.9. The predicted molar refractivity (Wildman–Crippen MR) is 112 cm³/mol. The van der Waals surface area contributed by atoms with E-state index in [1.807, 2.05) is 24.3 Å². The number of rotatable bonds is 5. The van der Waals surface area contributed by atoms with Gasteiger partial charge in [0.05, 0.1) is 13.7 Å². The normalized spacial score (nSPS) is 13.4. The fourth-order valence-corrected chi connectivity index (χ4v) is 2.97. The number of aryl methyl sites for hydroxylation is 1. The number of benzene rings is 2. The van der Waals surface area contributed by atoms with Gasteiger partial charge in [0.2, 0.25) is 0 Å². The summed E-state index contributed by atoms with van der Waals surface area (Å²) in [5, 5.41) is 0. The molecule has 1 aliphatic heterocycles. The lowest BCUT2D eigenvalue weighted by atomic mass is 10.1. The van der Waals surface area contributed by atoms with Gasteiger partial charge < -0.3 is 9.64 Å². The number of ether oxygens (including phenoxy) is 1. The molecule has 4 nitrogen and oxygen atoms in total. The molecule has 2 aromatic rings. The van der Waals surface area contributed by atoms with E-state index in [2.05, 4.69) is 41.1 Å². The van der Waals surface area contributed by atoms with Gasteiger partial charge in [-0.3, -0.25) is 9.79 Å². The second kappa shape index (κ2) is 9.53. The van der Waals surface area contributed by atoms with E-state index in [0.717, 1.165) is 43.1 Å². The third-order valence-corrected chi connectivity index (χ3v) is 4.47. The molecule has 0 aliphatic carbocycles. The molecular formula is C21H25BrN2O2. The second-order valence-electron chi connectivity index (χ2n) is 6.33. The molecule has 0 spiro atoms. The van der Waals surface area contributed by atoms with Gasteiger partial charge in [-0.2, -0.15) is 0 Å². The van der Waals surface area contributed by atoms with E-state index in [-0.39, 0.29) is 22.8 Å². The molecular weight excluding hydrogens is 392 g/mol. The van der Waals surface area contributed by atoms with Crippen molar-refractivity contribution in [3.63, 3.8) is 0 Å². The average Bonchev–Trinajstić information content (AvgIpc) is 2.67. The fourth-order valence-electron chi connectivity index (χ4n) is 2.97. The van der Waals surface area contributed by atoms with Gasteiger partial charge in [0.15, 0.2) is 5.78 Å². The maximum absolute atomic E-state index is 12.8. The lowest BCUT2D eigenvalue weighted by molar-refractivity contribution is 0.100. The minimum Gasteiger partial charge on any atom is -0.497 e. The first kappa shape index (κ1) is 20.2. The Hall–Kier alpha value is -2.14. The molecule has 0 unspecified atom stereocenters. The zero-order valence-electron chi connectivity index (χ0n) is 15.3. The monoisotopic (exact) mass is 416 g/mol. The molecule has 0 fully saturated rings. The number of hydrogen-bond acceptors (Lipinski definition) is 4. The Labute approximate surface area is 165 Å². The van der Waals surface area contributed by atoms with E-state index in [0.29, 0.717) is 12.1 Å². The molecule has 0 amide bonds. The second-order valence-corrected chi connectivity index (χ2v) is 6.33. The van der Waals surface area contributed by atoms with Crippen molar-refractivity contribution in [2.45, 2.75) is 26.2 Å². The van der Waals surface area contributed by atoms with Crippen molar-refractivity contribution in [3.8, 4) is 5.75 Å². The van der Waals surface area contributed by atoms with E-state index in [1.54, 1.807) is 7.11 Å². The van der Waals surface area contributed by atoms with Crippen LogP contribution in [0.1, 0.15) is 35.2 Å². The van der Waals surface area contributed by atoms with E-state index < -0.39 is 0 Å². The molecule has 0 aromatic heterocycles. The molecule has 0 bridgehead atoms. The smallest absolute Gasteiger partial charge is 0.182 e. The first-order chi connectivity index (χ1) is 12.2. The summed E-state index contributed by atoms with van der Waals surface area (Å²) < 4.78 is 5.16. The molecule has 0 saturated heterocycles. The Kier molecular flexibility index (Phi) is 7.39. The number of nitrogens with zero attached hydrogens (tertiary/aromatic N) is 2. The molecule has 138 valence electrons. The van der Waals surface area contributed by atoms with Crippen LogP contribution in [0.25, 0.3) is 0 Å². The zero-order valence-corrected chi connectivity index (χ0v) is 17.0. The summed E-state index contributed by atoms with van der Waals surface area (Å²) in [4.78, 5) is 19.5. The summed E-state index contributed by atoms with van der Waals surface area (Å²) in [7, 11) is 1.62. The maximum atomic E-state index is 12.8. The van der Waals surface area contributed by atoms with Gasteiger partial charge in [0, 0.05) is 24.2 Å². The number of carbonyl (C=O) groups is 1. The van der Waals surface area contributed by atoms with Crippen LogP contribution >= 0.6 is 17.0 Å². The Morgan fingerprint density at radius 1 is 1.08 bits per heavy atom. The third-order valence-electron chi connectivity index (χ3n) is 4.47. The van der Waals surface area contributed by atoms with Crippen LogP contribution in [0.2, 0.25) is 0 Å². The first-order valence-corrected chi connectivity index (χ1v) is 8.72. The van der Waals surface area contributed by atoms with Crippen molar-refractivity contribution < 1.29 is 9.53 Å². The highest BCUT2D eigenvalue weighted by molar-refractivity contribution is 8.93. The fraction of sp³-hybridized carbons (Fsp3) is 0.333. The number of anilines is 1. The van der Waals surface area contributed by atoms with Crippen LogP contribution in [0, 0.1) is 6.92 Å². The van der Waals surface area contributed by atoms with Crippen LogP contribution in [0.5, 0.6) is 5.75 Å². The number of halogens is 1. The van der Waals surface area contributed by atoms with Crippen LogP contribution in [0.15, 0.2) is 53.5 Å². The molecule has 0 radical (unpaired) electrons. The number of methoxy groups -OCH3 is 1. The minimum absolute atomic E-state index is 0. The summed E-state index contributed by atoms with van der Waals surface area (Å²) in [6.07, 6.45) is 3.17. The van der Waals surface area contributed by atoms with Gasteiger partial charge in [-0.15, -0.1) is 17.0 Å². The van der Waals surface area contributed by atoms with Crippen LogP contribution in [-0.2, 0) is 0 Å². The number of carbonyl (C=O) groups excluding carboxylic acids is 1. The van der Waals surface area contributed by atoms with Crippen LogP contribution in [-0.4, -0.2) is 31.8 Å². The Morgan fingerprint density at radius 2 is 1.77 bits per heavy atom. The van der Waals surface area contributed by atoms with E-state index in [9.17, 15) is 4.79 Å². The van der Waals surface area contributed by atoms with Gasteiger partial charge in [0.25, 0.3) is 0 Å². The molecule has 1 heterocycles. The van der Waals surface area contributed by atoms with Crippen molar-refractivity contribution >= 4 is 34.3 Å². The Morgan fingerprint density at radius 3 is 2.35 bits per heavy atom. The standard InChI is InChI=1S/C21H24N2O2.BrH/c1-16-6-10-18(11-7-16)23(21-5-3-4-14-22-21)15-20(24)17-8-12-19(25-2)13-9-17;/h6-13H,3-5,14-15H2,1-2H3;1H. The average molecular weight is 417 g/mol. The quantitative estimate of drug-likeness (QED) is 0.653. The highest BCUT2D eigenvalue weighted by Gasteiger charge is 2.20. The number of Topliss-reactive ketones (excluding diaryl/α,β-unsaturated/α-hetero) is 1. The van der Waals surface area contributed by atoms with E-state index in [4.69, 9.17) is 4.74 Å². The number of hydrogen-bond donors (Lipinski definition) is 0. The minimum atomic E-state index is 0. The molecule has 5 heteroatoms. The molecule has 1 aliphatic rings. The van der Waals surface area contributed by atoms with Gasteiger partial charge >= 0.3 is 0 Å². The maximum Gasteiger partial charge on any atom is 0.182 e. The zero-order chi connectivity index (χ0) is 17.6. The van der Waals surface area contributed by atoms with Gasteiger partial charge in [0.1, 0.15) is 11.6 Å². The van der Waals surface area contributed by atoms with E-state index >= 15 is 0 Å². The van der Waals surface area contributed by atoms with Crippen molar-refractivity contribution in [3.05, 3.63) is 59.7 Å². The summed E-state index contributed by atoms with van der Waals surface area (Å²) in [6.45, 7) is 3.21. The molecule has 3 rings (SSSR count). The first-order valence-electron chi connectivity index (χ1n) is 8.72. The number of ketones is 1. The summed E-state index contributed by atoms with van der Waals surface area (Å²) in [6, 6.07) is 15.5. The number of amidine groups is 1. The Bertz CT molecular complexity index is 755. The molecule has 0 N–H and O–H groups in total. The summed E-state index contributed by atoms with van der Waals surface area (Å²) in [5.74, 6) is 1.84. The van der Waals surface area contributed by atoms with Crippen molar-refractivity contribution in [2.24, 2.45) is 4.99 Å². The SMILES string of the molecule is Br.COc1ccc(C(=O)CN(C2=NCCCC2)c2ccc(C)cc2)cc1. The molecule has 0 saturated carbocycles. The largest absolute Gasteiger partial charge is 0.497 e. The predicted octanol–water partition coefficient (Wildman–Crippen LogP) is 4.85. The van der Waals surface area contributed by atoms with Crippen molar-refractivity contribution in [2.75, 3.05) is 25.1 Å².